The number of benzene rings is 3. The van der Waals surface area contributed by atoms with Crippen LogP contribution < -0.4 is 16.8 Å². The molecule has 1 heterocycles. The maximum Gasteiger partial charge on any atom is 0.311 e. The fourth-order valence-corrected chi connectivity index (χ4v) is 4.17. The Morgan fingerprint density at radius 1 is 1.03 bits per heavy atom. The number of halogens is 1. The number of carbonyl (C=O) groups excluding carboxylic acids is 1. The Bertz CT molecular complexity index is 1140. The molecule has 0 bridgehead atoms. The third kappa shape index (κ3) is 5.53. The average molecular weight is 446 g/mol. The van der Waals surface area contributed by atoms with E-state index in [0.29, 0.717) is 31.8 Å². The molecule has 5 N–H and O–H groups in total. The van der Waals surface area contributed by atoms with Crippen LogP contribution in [0.4, 0.5) is 10.1 Å². The van der Waals surface area contributed by atoms with Crippen LogP contribution in [0, 0.1) is 5.82 Å². The van der Waals surface area contributed by atoms with Crippen molar-refractivity contribution >= 4 is 17.3 Å². The molecular formula is C27H30FN4O+. The highest BCUT2D eigenvalue weighted by atomic mass is 19.1. The Hall–Kier alpha value is -3.35. The van der Waals surface area contributed by atoms with Gasteiger partial charge in [0.2, 0.25) is 5.69 Å². The summed E-state index contributed by atoms with van der Waals surface area (Å²) >= 11 is 0. The average Bonchev–Trinajstić information content (AvgIpc) is 3.20. The van der Waals surface area contributed by atoms with Gasteiger partial charge in [-0.05, 0) is 42.6 Å². The van der Waals surface area contributed by atoms with Crippen LogP contribution in [-0.2, 0) is 17.8 Å². The molecule has 1 aliphatic rings. The van der Waals surface area contributed by atoms with Gasteiger partial charge in [-0.3, -0.25) is 4.79 Å². The Labute approximate surface area is 193 Å². The summed E-state index contributed by atoms with van der Waals surface area (Å²) in [5.74, 6) is -0.365. The van der Waals surface area contributed by atoms with Gasteiger partial charge in [0, 0.05) is 29.8 Å². The summed E-state index contributed by atoms with van der Waals surface area (Å²) in [6, 6.07) is 22.6. The second-order valence-corrected chi connectivity index (χ2v) is 8.45. The molecule has 33 heavy (non-hydrogen) atoms. The molecule has 170 valence electrons. The molecule has 1 aliphatic heterocycles. The van der Waals surface area contributed by atoms with Gasteiger partial charge in [-0.15, -0.1) is 0 Å². The van der Waals surface area contributed by atoms with Crippen LogP contribution in [0.15, 0.2) is 72.8 Å². The number of hydrogen-bond donors (Lipinski definition) is 3. The first-order valence-corrected chi connectivity index (χ1v) is 11.3. The van der Waals surface area contributed by atoms with Crippen LogP contribution in [0.3, 0.4) is 0 Å². The van der Waals surface area contributed by atoms with E-state index < -0.39 is 0 Å². The molecule has 6 heteroatoms. The number of amides is 1. The molecule has 5 nitrogen and oxygen atoms in total. The lowest BCUT2D eigenvalue weighted by Gasteiger charge is -2.11. The van der Waals surface area contributed by atoms with Crippen molar-refractivity contribution in [2.24, 2.45) is 11.5 Å². The quantitative estimate of drug-likeness (QED) is 0.441. The van der Waals surface area contributed by atoms with Crippen molar-refractivity contribution in [2.75, 3.05) is 13.1 Å². The van der Waals surface area contributed by atoms with E-state index in [9.17, 15) is 9.18 Å². The fourth-order valence-electron chi connectivity index (χ4n) is 4.17. The Balaban J connectivity index is 1.64. The van der Waals surface area contributed by atoms with Crippen molar-refractivity contribution in [1.29, 1.82) is 0 Å². The molecule has 0 unspecified atom stereocenters. The molecule has 3 aromatic carbocycles. The van der Waals surface area contributed by atoms with E-state index in [2.05, 4.69) is 34.2 Å². The molecule has 0 spiro atoms. The first-order valence-electron chi connectivity index (χ1n) is 11.3. The van der Waals surface area contributed by atoms with Gasteiger partial charge in [0.05, 0.1) is 6.42 Å². The normalized spacial score (nSPS) is 13.7. The second kappa shape index (κ2) is 10.5. The standard InChI is InChI=1S/C27H29FN4O/c28-23-12-10-20(11-13-23)21-8-9-22-16-26(27(33)31-17-24(30)7-4-14-29)32(25(22)15-21)18-19-5-2-1-3-6-19/h1-3,5-6,8-13,15,24H,4,7,14,16-18,29-30H2/p+1/t24-/m0/s1. The minimum atomic E-state index is -0.262. The zero-order valence-electron chi connectivity index (χ0n) is 18.6. The molecule has 0 saturated carbocycles. The Morgan fingerprint density at radius 2 is 1.76 bits per heavy atom. The summed E-state index contributed by atoms with van der Waals surface area (Å²) in [5.41, 5.74) is 17.5. The van der Waals surface area contributed by atoms with Gasteiger partial charge >= 0.3 is 5.91 Å². The third-order valence-corrected chi connectivity index (χ3v) is 5.99. The second-order valence-electron chi connectivity index (χ2n) is 8.45. The first-order chi connectivity index (χ1) is 16.0. The smallest absolute Gasteiger partial charge is 0.311 e. The molecule has 1 amide bonds. The van der Waals surface area contributed by atoms with Gasteiger partial charge < -0.3 is 16.8 Å². The van der Waals surface area contributed by atoms with Crippen LogP contribution in [0.5, 0.6) is 0 Å². The summed E-state index contributed by atoms with van der Waals surface area (Å²) in [5, 5.41) is 3.01. The summed E-state index contributed by atoms with van der Waals surface area (Å²) in [4.78, 5) is 13.2. The number of nitrogens with two attached hydrogens (primary N) is 2. The molecule has 0 aromatic heterocycles. The number of nitrogens with one attached hydrogen (secondary N) is 1. The number of nitrogens with zero attached hydrogens (tertiary/aromatic N) is 1. The van der Waals surface area contributed by atoms with Crippen LogP contribution in [0.2, 0.25) is 0 Å². The van der Waals surface area contributed by atoms with Crippen molar-refractivity contribution in [1.82, 2.24) is 5.32 Å². The summed E-state index contributed by atoms with van der Waals surface area (Å²) in [6.45, 7) is 1.59. The summed E-state index contributed by atoms with van der Waals surface area (Å²) in [6.07, 6.45) is 2.17. The molecule has 0 saturated heterocycles. The SMILES string of the molecule is NCCC[C@H](N)CNC(=O)C1=[N+](Cc2ccccc2)c2cc(-c3ccc(F)cc3)ccc2C1. The molecule has 3 aromatic rings. The van der Waals surface area contributed by atoms with Crippen molar-refractivity contribution in [3.8, 4) is 11.1 Å². The van der Waals surface area contributed by atoms with Crippen molar-refractivity contribution < 1.29 is 13.8 Å². The summed E-state index contributed by atoms with van der Waals surface area (Å²) in [7, 11) is 0. The maximum atomic E-state index is 13.4. The van der Waals surface area contributed by atoms with E-state index in [0.717, 1.165) is 40.8 Å². The number of rotatable bonds is 9. The summed E-state index contributed by atoms with van der Waals surface area (Å²) < 4.78 is 15.5. The van der Waals surface area contributed by atoms with E-state index in [4.69, 9.17) is 11.5 Å². The van der Waals surface area contributed by atoms with E-state index >= 15 is 0 Å². The monoisotopic (exact) mass is 445 g/mol. The van der Waals surface area contributed by atoms with Gasteiger partial charge in [0.15, 0.2) is 6.54 Å². The van der Waals surface area contributed by atoms with E-state index in [1.165, 1.54) is 12.1 Å². The first kappa shape index (κ1) is 22.8. The maximum absolute atomic E-state index is 13.4. The lowest BCUT2D eigenvalue weighted by atomic mass is 10.0. The van der Waals surface area contributed by atoms with E-state index in [1.807, 2.05) is 24.3 Å². The van der Waals surface area contributed by atoms with E-state index in [1.54, 1.807) is 12.1 Å². The van der Waals surface area contributed by atoms with E-state index in [-0.39, 0.29) is 17.8 Å². The van der Waals surface area contributed by atoms with Crippen LogP contribution >= 0.6 is 0 Å². The molecule has 0 fully saturated rings. The van der Waals surface area contributed by atoms with Gasteiger partial charge in [-0.1, -0.05) is 54.6 Å². The third-order valence-electron chi connectivity index (χ3n) is 5.99. The molecule has 0 aliphatic carbocycles. The Kier molecular flexibility index (Phi) is 7.27. The Morgan fingerprint density at radius 3 is 2.48 bits per heavy atom. The predicted octanol–water partition coefficient (Wildman–Crippen LogP) is 3.52. The predicted molar refractivity (Wildman–Crippen MR) is 130 cm³/mol. The molecular weight excluding hydrogens is 415 g/mol. The highest BCUT2D eigenvalue weighted by Crippen LogP contribution is 2.33. The van der Waals surface area contributed by atoms with Gasteiger partial charge in [0.25, 0.3) is 5.71 Å². The van der Waals surface area contributed by atoms with Gasteiger partial charge in [0.1, 0.15) is 5.82 Å². The minimum absolute atomic E-state index is 0.103. The van der Waals surface area contributed by atoms with Gasteiger partial charge in [-0.25, -0.2) is 4.39 Å². The lowest BCUT2D eigenvalue weighted by Crippen LogP contribution is -2.42. The lowest BCUT2D eigenvalue weighted by molar-refractivity contribution is -0.454. The highest BCUT2D eigenvalue weighted by Gasteiger charge is 2.35. The largest absolute Gasteiger partial charge is 0.346 e. The number of carbonyl (C=O) groups is 1. The highest BCUT2D eigenvalue weighted by molar-refractivity contribution is 6.38. The zero-order valence-corrected chi connectivity index (χ0v) is 18.6. The van der Waals surface area contributed by atoms with Crippen molar-refractivity contribution in [2.45, 2.75) is 31.8 Å². The molecule has 4 rings (SSSR count). The van der Waals surface area contributed by atoms with Gasteiger partial charge in [-0.2, -0.15) is 4.58 Å². The van der Waals surface area contributed by atoms with Crippen molar-refractivity contribution in [3.05, 3.63) is 89.7 Å². The number of hydrogen-bond acceptors (Lipinski definition) is 3. The fraction of sp³-hybridized carbons (Fsp3) is 0.259. The topological polar surface area (TPSA) is 84.1 Å². The van der Waals surface area contributed by atoms with Crippen LogP contribution in [-0.4, -0.2) is 35.3 Å². The zero-order chi connectivity index (χ0) is 23.2. The minimum Gasteiger partial charge on any atom is -0.346 e. The number of fused-ring (bicyclic) bond motifs is 1. The van der Waals surface area contributed by atoms with Crippen LogP contribution in [0.1, 0.15) is 24.0 Å². The van der Waals surface area contributed by atoms with Crippen LogP contribution in [0.25, 0.3) is 11.1 Å². The molecule has 0 radical (unpaired) electrons. The van der Waals surface area contributed by atoms with Crippen molar-refractivity contribution in [3.63, 3.8) is 0 Å². The molecule has 1 atom stereocenters.